The van der Waals surface area contributed by atoms with Crippen LogP contribution < -0.4 is 5.73 Å². The van der Waals surface area contributed by atoms with E-state index in [0.717, 1.165) is 39.1 Å². The molecule has 0 radical (unpaired) electrons. The maximum absolute atomic E-state index is 14.2. The minimum atomic E-state index is -1.27. The lowest BCUT2D eigenvalue weighted by Gasteiger charge is -2.45. The van der Waals surface area contributed by atoms with Crippen LogP contribution in [0, 0.1) is 5.41 Å². The SMILES string of the molecule is CCC(O)(CCc1cccc2ccccc12)CN(CC(O)(CC)CCc1cccc2ccccc12)C(=O)C1(C(N)=O)CCC1. The lowest BCUT2D eigenvalue weighted by Crippen LogP contribution is -2.60. The normalized spacial score (nSPS) is 17.0. The smallest absolute Gasteiger partial charge is 0.238 e. The molecule has 6 heteroatoms. The summed E-state index contributed by atoms with van der Waals surface area (Å²) in [5, 5.41) is 28.5. The lowest BCUT2D eigenvalue weighted by atomic mass is 9.67. The second-order valence-corrected chi connectivity index (χ2v) is 12.9. The van der Waals surface area contributed by atoms with Crippen LogP contribution >= 0.6 is 0 Å². The van der Waals surface area contributed by atoms with Crippen LogP contribution in [0.5, 0.6) is 0 Å². The van der Waals surface area contributed by atoms with Crippen molar-refractivity contribution in [3.63, 3.8) is 0 Å². The lowest BCUT2D eigenvalue weighted by molar-refractivity contribution is -0.162. The van der Waals surface area contributed by atoms with Gasteiger partial charge in [0.15, 0.2) is 0 Å². The molecular formula is C38H46N2O4. The van der Waals surface area contributed by atoms with Gasteiger partial charge in [0, 0.05) is 13.1 Å². The van der Waals surface area contributed by atoms with E-state index in [1.165, 1.54) is 0 Å². The van der Waals surface area contributed by atoms with Crippen molar-refractivity contribution in [2.75, 3.05) is 13.1 Å². The van der Waals surface area contributed by atoms with E-state index < -0.39 is 22.5 Å². The first-order valence-corrected chi connectivity index (χ1v) is 16.1. The number of nitrogens with zero attached hydrogens (tertiary/aromatic N) is 1. The van der Waals surface area contributed by atoms with E-state index >= 15 is 0 Å². The molecule has 4 aromatic carbocycles. The molecule has 1 saturated carbocycles. The second kappa shape index (κ2) is 13.1. The summed E-state index contributed by atoms with van der Waals surface area (Å²) >= 11 is 0. The van der Waals surface area contributed by atoms with Gasteiger partial charge in [0.05, 0.1) is 11.2 Å². The molecule has 6 nitrogen and oxygen atoms in total. The number of carbonyl (C=O) groups is 2. The average molecular weight is 595 g/mol. The molecule has 1 fully saturated rings. The first-order valence-electron chi connectivity index (χ1n) is 16.1. The molecule has 2 atom stereocenters. The Hall–Kier alpha value is -3.74. The van der Waals surface area contributed by atoms with Crippen LogP contribution in [0.2, 0.25) is 0 Å². The Kier molecular flexibility index (Phi) is 9.42. The van der Waals surface area contributed by atoms with Gasteiger partial charge in [-0.3, -0.25) is 9.59 Å². The molecule has 0 aromatic heterocycles. The molecule has 4 N–H and O–H groups in total. The Morgan fingerprint density at radius 2 is 1.16 bits per heavy atom. The van der Waals surface area contributed by atoms with E-state index in [0.29, 0.717) is 51.4 Å². The van der Waals surface area contributed by atoms with Gasteiger partial charge >= 0.3 is 0 Å². The van der Waals surface area contributed by atoms with E-state index in [1.807, 2.05) is 50.2 Å². The summed E-state index contributed by atoms with van der Waals surface area (Å²) in [7, 11) is 0. The fourth-order valence-electron chi connectivity index (χ4n) is 6.80. The zero-order valence-corrected chi connectivity index (χ0v) is 26.1. The van der Waals surface area contributed by atoms with E-state index in [9.17, 15) is 19.8 Å². The molecule has 0 heterocycles. The van der Waals surface area contributed by atoms with E-state index in [-0.39, 0.29) is 19.0 Å². The molecule has 0 saturated heterocycles. The van der Waals surface area contributed by atoms with Gasteiger partial charge in [-0.25, -0.2) is 0 Å². The van der Waals surface area contributed by atoms with Gasteiger partial charge in [-0.2, -0.15) is 0 Å². The maximum atomic E-state index is 14.2. The van der Waals surface area contributed by atoms with Crippen LogP contribution in [-0.2, 0) is 22.4 Å². The van der Waals surface area contributed by atoms with E-state index in [1.54, 1.807) is 4.90 Å². The number of carbonyl (C=O) groups excluding carboxylic acids is 2. The number of primary amides is 1. The van der Waals surface area contributed by atoms with Gasteiger partial charge in [0.25, 0.3) is 0 Å². The zero-order chi connectivity index (χ0) is 31.4. The van der Waals surface area contributed by atoms with Crippen LogP contribution in [0.25, 0.3) is 21.5 Å². The zero-order valence-electron chi connectivity index (χ0n) is 26.1. The number of rotatable bonds is 14. The molecule has 232 valence electrons. The monoisotopic (exact) mass is 594 g/mol. The highest BCUT2D eigenvalue weighted by Gasteiger charge is 2.53. The molecule has 0 aliphatic heterocycles. The minimum Gasteiger partial charge on any atom is -0.388 e. The fraction of sp³-hybridized carbons (Fsp3) is 0.421. The Bertz CT molecular complexity index is 1520. The van der Waals surface area contributed by atoms with Gasteiger partial charge < -0.3 is 20.8 Å². The van der Waals surface area contributed by atoms with Crippen LogP contribution in [0.3, 0.4) is 0 Å². The summed E-state index contributed by atoms with van der Waals surface area (Å²) in [6.07, 6.45) is 4.54. The van der Waals surface area contributed by atoms with E-state index in [4.69, 9.17) is 5.73 Å². The Morgan fingerprint density at radius 1 is 0.727 bits per heavy atom. The van der Waals surface area contributed by atoms with Crippen LogP contribution in [0.4, 0.5) is 0 Å². The third-order valence-electron chi connectivity index (χ3n) is 10.1. The van der Waals surface area contributed by atoms with Crippen LogP contribution in [0.1, 0.15) is 69.9 Å². The van der Waals surface area contributed by atoms with Gasteiger partial charge in [-0.1, -0.05) is 105 Å². The predicted molar refractivity (Wildman–Crippen MR) is 177 cm³/mol. The predicted octanol–water partition coefficient (Wildman–Crippen LogP) is 6.32. The Morgan fingerprint density at radius 3 is 1.55 bits per heavy atom. The van der Waals surface area contributed by atoms with Crippen LogP contribution in [-0.4, -0.2) is 51.2 Å². The van der Waals surface area contributed by atoms with Gasteiger partial charge in [0.1, 0.15) is 5.41 Å². The number of amides is 2. The molecule has 44 heavy (non-hydrogen) atoms. The molecule has 1 aliphatic carbocycles. The number of hydrogen-bond acceptors (Lipinski definition) is 4. The van der Waals surface area contributed by atoms with Crippen molar-refractivity contribution < 1.29 is 19.8 Å². The first kappa shape index (κ1) is 31.7. The summed E-state index contributed by atoms with van der Waals surface area (Å²) in [5.74, 6) is -0.990. The molecule has 5 rings (SSSR count). The summed E-state index contributed by atoms with van der Waals surface area (Å²) < 4.78 is 0. The first-order chi connectivity index (χ1) is 21.1. The maximum Gasteiger partial charge on any atom is 0.238 e. The third kappa shape index (κ3) is 6.52. The molecule has 0 spiro atoms. The number of hydrogen-bond donors (Lipinski definition) is 3. The van der Waals surface area contributed by atoms with Crippen molar-refractivity contribution in [3.8, 4) is 0 Å². The molecule has 1 aliphatic rings. The highest BCUT2D eigenvalue weighted by Crippen LogP contribution is 2.43. The minimum absolute atomic E-state index is 0.0265. The number of nitrogens with two attached hydrogens (primary N) is 1. The molecule has 2 unspecified atom stereocenters. The molecular weight excluding hydrogens is 548 g/mol. The second-order valence-electron chi connectivity index (χ2n) is 12.9. The summed E-state index contributed by atoms with van der Waals surface area (Å²) in [6.45, 7) is 3.90. The standard InChI is InChI=1S/C38H46N2O4/c1-3-36(43,24-20-30-16-9-14-28-12-5-7-18-32(28)30)26-40(35(42)38(34(39)41)22-11-23-38)27-37(44,4-2)25-21-31-17-10-15-29-13-6-8-19-33(29)31/h5-10,12-19,43-44H,3-4,11,20-27H2,1-2H3,(H2,39,41). The van der Waals surface area contributed by atoms with Crippen molar-refractivity contribution >= 4 is 33.4 Å². The van der Waals surface area contributed by atoms with Crippen molar-refractivity contribution in [2.24, 2.45) is 11.1 Å². The van der Waals surface area contributed by atoms with Gasteiger partial charge in [-0.15, -0.1) is 0 Å². The third-order valence-corrected chi connectivity index (χ3v) is 10.1. The van der Waals surface area contributed by atoms with Crippen molar-refractivity contribution in [3.05, 3.63) is 96.1 Å². The summed E-state index contributed by atoms with van der Waals surface area (Å²) in [5.41, 5.74) is 4.42. The highest BCUT2D eigenvalue weighted by molar-refractivity contribution is 6.05. The molecule has 4 aromatic rings. The summed E-state index contributed by atoms with van der Waals surface area (Å²) in [6, 6.07) is 28.8. The van der Waals surface area contributed by atoms with Gasteiger partial charge in [-0.05, 0) is 84.0 Å². The van der Waals surface area contributed by atoms with Crippen molar-refractivity contribution in [2.45, 2.75) is 82.8 Å². The largest absolute Gasteiger partial charge is 0.388 e. The molecule has 2 amide bonds. The number of fused-ring (bicyclic) bond motifs is 2. The van der Waals surface area contributed by atoms with E-state index in [2.05, 4.69) is 48.5 Å². The van der Waals surface area contributed by atoms with Gasteiger partial charge in [0.2, 0.25) is 11.8 Å². The summed E-state index contributed by atoms with van der Waals surface area (Å²) in [4.78, 5) is 28.4. The Labute approximate surface area is 260 Å². The van der Waals surface area contributed by atoms with Crippen molar-refractivity contribution in [1.82, 2.24) is 4.90 Å². The fourth-order valence-corrected chi connectivity index (χ4v) is 6.80. The Balaban J connectivity index is 1.39. The average Bonchev–Trinajstić information content (AvgIpc) is 3.01. The van der Waals surface area contributed by atoms with Crippen LogP contribution in [0.15, 0.2) is 84.9 Å². The highest BCUT2D eigenvalue weighted by atomic mass is 16.3. The topological polar surface area (TPSA) is 104 Å². The number of benzene rings is 4. The van der Waals surface area contributed by atoms with Crippen molar-refractivity contribution in [1.29, 1.82) is 0 Å². The quantitative estimate of drug-likeness (QED) is 0.149. The number of aryl methyl sites for hydroxylation is 2. The number of aliphatic hydroxyl groups is 2. The molecule has 0 bridgehead atoms.